The molecule has 0 aliphatic carbocycles. The van der Waals surface area contributed by atoms with Crippen LogP contribution in [0.2, 0.25) is 5.02 Å². The van der Waals surface area contributed by atoms with Gasteiger partial charge in [-0.05, 0) is 100 Å². The zero-order chi connectivity index (χ0) is 34.0. The van der Waals surface area contributed by atoms with Crippen LogP contribution in [-0.2, 0) is 20.8 Å². The minimum Gasteiger partial charge on any atom is -0.444 e. The summed E-state index contributed by atoms with van der Waals surface area (Å²) in [5, 5.41) is 0.822. The Hall–Kier alpha value is -4.15. The highest BCUT2D eigenvalue weighted by molar-refractivity contribution is 7.93. The molecule has 2 unspecified atom stereocenters. The first-order chi connectivity index (χ1) is 21.4. The Morgan fingerprint density at radius 2 is 1.35 bits per heavy atom. The van der Waals surface area contributed by atoms with E-state index in [1.54, 1.807) is 71.0 Å². The molecule has 242 valence electrons. The topological polar surface area (TPSA) is 89.5 Å². The fourth-order valence-electron chi connectivity index (χ4n) is 4.94. The van der Waals surface area contributed by atoms with E-state index >= 15 is 0 Å². The number of Topliss-reactive ketones (excluding diaryl/α,β-unsaturated/α-hetero) is 1. The fourth-order valence-corrected chi connectivity index (χ4v) is 6.95. The van der Waals surface area contributed by atoms with Gasteiger partial charge < -0.3 is 4.74 Å². The molecule has 1 N–H and O–H groups in total. The molecule has 0 fully saturated rings. The third-order valence-electron chi connectivity index (χ3n) is 7.16. The number of carbonyl (C=O) groups excluding carboxylic acids is 2. The third-order valence-corrected chi connectivity index (χ3v) is 9.50. The summed E-state index contributed by atoms with van der Waals surface area (Å²) in [6.45, 7) is 8.40. The number of ketones is 1. The smallest absolute Gasteiger partial charge is 0.416 e. The first-order valence-electron chi connectivity index (χ1n) is 14.2. The summed E-state index contributed by atoms with van der Waals surface area (Å²) in [7, 11) is -4.61. The maximum absolute atomic E-state index is 14.6. The van der Waals surface area contributed by atoms with E-state index in [2.05, 4.69) is 5.32 Å². The Balaban J connectivity index is 2.08. The SMILES string of the molecule is Cc1ccc(C(c2cc(C(F)(F)F)ccc2NC(=O)OC(C)(C)C)C(C(=O)c2ccc(Cl)cc2)S(=O)(=O)c2ccc(C)cc2)cc1. The molecular weight excluding hydrogens is 639 g/mol. The first-order valence-corrected chi connectivity index (χ1v) is 16.2. The van der Waals surface area contributed by atoms with Crippen LogP contribution in [0.25, 0.3) is 0 Å². The molecule has 0 aliphatic rings. The van der Waals surface area contributed by atoms with Gasteiger partial charge in [-0.3, -0.25) is 10.1 Å². The number of nitrogens with one attached hydrogen (secondary N) is 1. The van der Waals surface area contributed by atoms with Gasteiger partial charge in [-0.2, -0.15) is 13.2 Å². The molecule has 0 heterocycles. The number of aryl methyl sites for hydroxylation is 2. The van der Waals surface area contributed by atoms with Gasteiger partial charge in [0, 0.05) is 22.2 Å². The van der Waals surface area contributed by atoms with Gasteiger partial charge in [-0.15, -0.1) is 0 Å². The number of hydrogen-bond acceptors (Lipinski definition) is 5. The Bertz CT molecular complexity index is 1830. The van der Waals surface area contributed by atoms with Gasteiger partial charge in [-0.1, -0.05) is 59.1 Å². The van der Waals surface area contributed by atoms with Gasteiger partial charge in [0.2, 0.25) is 0 Å². The molecular formula is C35H33ClF3NO5S. The van der Waals surface area contributed by atoms with Crippen molar-refractivity contribution in [1.29, 1.82) is 0 Å². The lowest BCUT2D eigenvalue weighted by molar-refractivity contribution is -0.137. The van der Waals surface area contributed by atoms with Crippen LogP contribution in [0.15, 0.2) is 95.9 Å². The predicted octanol–water partition coefficient (Wildman–Crippen LogP) is 9.18. The second kappa shape index (κ2) is 13.3. The average molecular weight is 672 g/mol. The van der Waals surface area contributed by atoms with E-state index in [1.165, 1.54) is 36.4 Å². The highest BCUT2D eigenvalue weighted by Gasteiger charge is 2.44. The van der Waals surface area contributed by atoms with E-state index < -0.39 is 50.2 Å². The van der Waals surface area contributed by atoms with E-state index in [1.807, 2.05) is 0 Å². The van der Waals surface area contributed by atoms with Crippen LogP contribution < -0.4 is 5.32 Å². The monoisotopic (exact) mass is 671 g/mol. The van der Waals surface area contributed by atoms with Crippen molar-refractivity contribution in [3.8, 4) is 0 Å². The van der Waals surface area contributed by atoms with Crippen molar-refractivity contribution in [2.45, 2.75) is 62.5 Å². The lowest BCUT2D eigenvalue weighted by Crippen LogP contribution is -2.38. The molecule has 46 heavy (non-hydrogen) atoms. The minimum atomic E-state index is -4.83. The zero-order valence-corrected chi connectivity index (χ0v) is 27.3. The average Bonchev–Trinajstić information content (AvgIpc) is 2.95. The van der Waals surface area contributed by atoms with Crippen molar-refractivity contribution >= 4 is 39.0 Å². The van der Waals surface area contributed by atoms with Crippen LogP contribution in [0.4, 0.5) is 23.7 Å². The van der Waals surface area contributed by atoms with E-state index in [-0.39, 0.29) is 27.3 Å². The number of ether oxygens (including phenoxy) is 1. The summed E-state index contributed by atoms with van der Waals surface area (Å²) in [4.78, 5) is 27.2. The fraction of sp³-hybridized carbons (Fsp3) is 0.257. The van der Waals surface area contributed by atoms with Gasteiger partial charge in [0.15, 0.2) is 15.6 Å². The van der Waals surface area contributed by atoms with Crippen molar-refractivity contribution in [2.75, 3.05) is 5.32 Å². The normalized spacial score (nSPS) is 13.5. The Labute approximate surface area is 271 Å². The summed E-state index contributed by atoms with van der Waals surface area (Å²) in [5.41, 5.74) is -0.671. The van der Waals surface area contributed by atoms with Crippen LogP contribution in [-0.4, -0.2) is 31.1 Å². The van der Waals surface area contributed by atoms with Gasteiger partial charge in [0.1, 0.15) is 10.9 Å². The Morgan fingerprint density at radius 3 is 1.87 bits per heavy atom. The molecule has 4 aromatic rings. The molecule has 11 heteroatoms. The molecule has 4 aromatic carbocycles. The molecule has 6 nitrogen and oxygen atoms in total. The number of amides is 1. The number of alkyl halides is 3. The third kappa shape index (κ3) is 8.16. The van der Waals surface area contributed by atoms with Crippen molar-refractivity contribution in [1.82, 2.24) is 0 Å². The van der Waals surface area contributed by atoms with E-state index in [0.29, 0.717) is 5.02 Å². The zero-order valence-electron chi connectivity index (χ0n) is 25.8. The number of hydrogen-bond donors (Lipinski definition) is 1. The summed E-state index contributed by atoms with van der Waals surface area (Å²) >= 11 is 6.05. The first kappa shape index (κ1) is 34.7. The van der Waals surface area contributed by atoms with Gasteiger partial charge in [-0.25, -0.2) is 13.2 Å². The second-order valence-electron chi connectivity index (χ2n) is 12.0. The number of halogens is 4. The van der Waals surface area contributed by atoms with E-state index in [4.69, 9.17) is 16.3 Å². The van der Waals surface area contributed by atoms with Crippen LogP contribution in [0.5, 0.6) is 0 Å². The maximum atomic E-state index is 14.6. The standard InChI is InChI=1S/C35H33ClF3NO5S/c1-21-6-10-23(11-7-21)30(28-20-25(35(37,38)39)14-19-29(28)40-33(42)45-34(3,4)5)32(31(41)24-12-15-26(36)16-13-24)46(43,44)27-17-8-22(2)9-18-27/h6-20,30,32H,1-5H3,(H,40,42). The molecule has 0 bridgehead atoms. The lowest BCUT2D eigenvalue weighted by atomic mass is 9.83. The number of benzene rings is 4. The van der Waals surface area contributed by atoms with Gasteiger partial charge >= 0.3 is 12.3 Å². The lowest BCUT2D eigenvalue weighted by Gasteiger charge is -2.30. The van der Waals surface area contributed by atoms with Crippen molar-refractivity contribution in [3.63, 3.8) is 0 Å². The van der Waals surface area contributed by atoms with Crippen molar-refractivity contribution in [3.05, 3.63) is 129 Å². The number of sulfone groups is 1. The largest absolute Gasteiger partial charge is 0.444 e. The van der Waals surface area contributed by atoms with Crippen LogP contribution >= 0.6 is 11.6 Å². The Kier molecular flexibility index (Phi) is 10.0. The second-order valence-corrected chi connectivity index (χ2v) is 14.5. The minimum absolute atomic E-state index is 0.0178. The molecule has 0 saturated carbocycles. The van der Waals surface area contributed by atoms with Crippen molar-refractivity contribution < 1.29 is 35.9 Å². The summed E-state index contributed by atoms with van der Waals surface area (Å²) in [6.07, 6.45) is -5.80. The molecule has 0 aromatic heterocycles. The molecule has 4 rings (SSSR count). The molecule has 1 amide bonds. The summed E-state index contributed by atoms with van der Waals surface area (Å²) in [6, 6.07) is 20.4. The Morgan fingerprint density at radius 1 is 0.804 bits per heavy atom. The van der Waals surface area contributed by atoms with E-state index in [9.17, 15) is 31.2 Å². The maximum Gasteiger partial charge on any atom is 0.416 e. The molecule has 0 saturated heterocycles. The highest BCUT2D eigenvalue weighted by Crippen LogP contribution is 2.42. The highest BCUT2D eigenvalue weighted by atomic mass is 35.5. The number of rotatable bonds is 8. The van der Waals surface area contributed by atoms with Crippen LogP contribution in [0, 0.1) is 13.8 Å². The molecule has 0 aliphatic heterocycles. The van der Waals surface area contributed by atoms with Crippen LogP contribution in [0.1, 0.15) is 64.9 Å². The molecule has 2 atom stereocenters. The van der Waals surface area contributed by atoms with Crippen molar-refractivity contribution in [2.24, 2.45) is 0 Å². The molecule has 0 radical (unpaired) electrons. The van der Waals surface area contributed by atoms with Crippen LogP contribution in [0.3, 0.4) is 0 Å². The summed E-state index contributed by atoms with van der Waals surface area (Å²) < 4.78 is 77.1. The van der Waals surface area contributed by atoms with E-state index in [0.717, 1.165) is 29.3 Å². The quantitative estimate of drug-likeness (QED) is 0.189. The van der Waals surface area contributed by atoms with Gasteiger partial charge in [0.25, 0.3) is 0 Å². The number of anilines is 1. The van der Waals surface area contributed by atoms with Gasteiger partial charge in [0.05, 0.1) is 10.5 Å². The summed E-state index contributed by atoms with van der Waals surface area (Å²) in [5.74, 6) is -2.40. The molecule has 0 spiro atoms. The number of carbonyl (C=O) groups is 2. The predicted molar refractivity (Wildman–Crippen MR) is 172 cm³/mol.